The van der Waals surface area contributed by atoms with Crippen molar-refractivity contribution in [2.45, 2.75) is 262 Å². The van der Waals surface area contributed by atoms with Gasteiger partial charge in [-0.15, -0.1) is 5.92 Å². The predicted molar refractivity (Wildman–Crippen MR) is 519 cm³/mol. The Morgan fingerprint density at radius 1 is 0.486 bits per heavy atom. The fourth-order valence-electron chi connectivity index (χ4n) is 19.9. The van der Waals surface area contributed by atoms with E-state index in [1.165, 1.54) is 5.56 Å². The Balaban J connectivity index is 0.815. The third kappa shape index (κ3) is 37.7. The minimum Gasteiger partial charge on any atom is -0.508 e. The molecular formula is C101H163N14O23+. The highest BCUT2D eigenvalue weighted by Crippen LogP contribution is 2.60. The average Bonchev–Trinajstić information content (AvgIpc) is 0.722. The van der Waals surface area contributed by atoms with Crippen LogP contribution in [-0.2, 0) is 119 Å². The molecule has 2 aromatic carbocycles. The molecule has 17 N–H and O–H groups in total. The lowest BCUT2D eigenvalue weighted by molar-refractivity contribution is -0.869. The lowest BCUT2D eigenvalue weighted by atomic mass is 9.49. The number of urea groups is 1. The predicted octanol–water partition coefficient (Wildman–Crippen LogP) is 5.33. The molecule has 0 radical (unpaired) electrons. The van der Waals surface area contributed by atoms with E-state index in [0.29, 0.717) is 168 Å². The van der Waals surface area contributed by atoms with E-state index in [2.05, 4.69) is 105 Å². The van der Waals surface area contributed by atoms with Crippen LogP contribution in [0.2, 0.25) is 0 Å². The fraction of sp³-hybridized carbons (Fsp3) is 0.733. The number of quaternary nitrogens is 1. The van der Waals surface area contributed by atoms with Crippen molar-refractivity contribution >= 4 is 70.8 Å². The number of benzene rings is 2. The Labute approximate surface area is 815 Å². The summed E-state index contributed by atoms with van der Waals surface area (Å²) >= 11 is 0. The van der Waals surface area contributed by atoms with Crippen LogP contribution in [0.3, 0.4) is 0 Å². The van der Waals surface area contributed by atoms with E-state index in [1.54, 1.807) is 26.0 Å². The third-order valence-corrected chi connectivity index (χ3v) is 27.7. The second-order valence-electron chi connectivity index (χ2n) is 39.6. The topological polar surface area (TPSA) is 505 Å². The molecule has 37 heteroatoms. The number of nitrogens with zero attached hydrogens (tertiary/aromatic N) is 1. The number of carbonyl (C=O) groups is 11. The normalized spacial score (nSPS) is 22.2. The van der Waals surface area contributed by atoms with Gasteiger partial charge in [0.2, 0.25) is 59.1 Å². The number of phenolic OH excluding ortho intramolecular Hbond substituents is 1. The Hall–Kier alpha value is -9.17. The average molecular weight is 1940 g/mol. The number of phenols is 1. The number of hydrogen-bond donors (Lipinski definition) is 15. The summed E-state index contributed by atoms with van der Waals surface area (Å²) in [6.07, 6.45) is 16.1. The molecule has 0 bridgehead atoms. The molecule has 2 aromatic rings. The summed E-state index contributed by atoms with van der Waals surface area (Å²) in [5, 5.41) is 52.8. The van der Waals surface area contributed by atoms with Crippen molar-refractivity contribution < 1.29 is 115 Å². The summed E-state index contributed by atoms with van der Waals surface area (Å²) in [5.74, 6) is 0.559. The van der Waals surface area contributed by atoms with Gasteiger partial charge in [0, 0.05) is 56.8 Å². The van der Waals surface area contributed by atoms with Crippen molar-refractivity contribution in [3.8, 4) is 17.6 Å². The number of fused-ring (bicyclic) bond motifs is 6. The maximum absolute atomic E-state index is 15.0. The van der Waals surface area contributed by atoms with Crippen molar-refractivity contribution in [3.63, 3.8) is 0 Å². The van der Waals surface area contributed by atoms with E-state index < -0.39 is 94.6 Å². The van der Waals surface area contributed by atoms with Crippen molar-refractivity contribution in [3.05, 3.63) is 70.0 Å². The van der Waals surface area contributed by atoms with E-state index >= 15 is 4.79 Å². The zero-order valence-electron chi connectivity index (χ0n) is 83.5. The second kappa shape index (κ2) is 59.5. The highest BCUT2D eigenvalue weighted by molar-refractivity contribution is 6.02. The molecule has 0 aliphatic heterocycles. The van der Waals surface area contributed by atoms with Crippen LogP contribution in [0, 0.1) is 40.4 Å². The van der Waals surface area contributed by atoms with E-state index in [-0.39, 0.29) is 144 Å². The van der Waals surface area contributed by atoms with E-state index in [4.69, 9.17) is 58.8 Å². The van der Waals surface area contributed by atoms with E-state index in [1.807, 2.05) is 38.1 Å². The number of aliphatic hydroxyl groups excluding tert-OH is 1. The molecule has 0 heterocycles. The van der Waals surface area contributed by atoms with E-state index in [0.717, 1.165) is 117 Å². The molecular weight excluding hydrogens is 1780 g/mol. The molecule has 37 nitrogen and oxygen atoms in total. The van der Waals surface area contributed by atoms with Gasteiger partial charge in [-0.2, -0.15) is 0 Å². The van der Waals surface area contributed by atoms with Crippen LogP contribution >= 0.6 is 0 Å². The zero-order valence-corrected chi connectivity index (χ0v) is 83.5. The monoisotopic (exact) mass is 1940 g/mol. The number of aliphatic hydroxyl groups is 1. The number of carbonyl (C=O) groups excluding carboxylic acids is 11. The smallest absolute Gasteiger partial charge is 0.312 e. The minimum atomic E-state index is -1.56. The molecule has 8 rings (SSSR count). The molecule has 0 aromatic heterocycles. The standard InChI is InChI=1S/C101H162N14O23/c1-70(2)90(94(125)111-80(27-20-44-108-97(103)128)91(122)112-81(67-116)93(124)109-73-33-29-71-31-35-83-98(3,76(71)65-73)39-21-41-100(83,5)95(126)114-96(127)101(6)42-22-40-99(4)77-66-74(117)34-30-72(77)32-36-84(99)101)113-92(123)79(110-86(119)38-50-130-54-58-134-62-64-136-60-56-132-52-47-107-87(120)68-137-75-23-14-11-10-12-15-24-75)26-18-19-43-105-88(121)69-138-82-28-17-13-16-25-78(89(82)102)104-46-51-131-55-59-135-63-61-133-57-53-129-49-37-85(118)106-45-48-115(7,8)9/h29-30,33-34,65-66,70,75,79-84,90,104,116H,10-14,16-23,25-28,31-32,35-64,67-69,102H2,1-9H3,(H12-,103,105,106,107,108,109,110,111,112,113,114,117,118,119,120,121,122,123,124,125,126,127,128)/p+1/t75?,79-,80+,81+,82?,83-,84-,90+,98-,99-,100+,101+/m1/s1. The Bertz CT molecular complexity index is 4310. The first-order valence-corrected chi connectivity index (χ1v) is 50.3. The first kappa shape index (κ1) is 114. The van der Waals surface area contributed by atoms with Gasteiger partial charge >= 0.3 is 6.03 Å². The highest BCUT2D eigenvalue weighted by Gasteiger charge is 2.59. The number of nitrogens with two attached hydrogens (primary N) is 2. The van der Waals surface area contributed by atoms with Gasteiger partial charge in [-0.1, -0.05) is 91.7 Å². The summed E-state index contributed by atoms with van der Waals surface area (Å²) in [5.41, 5.74) is 15.4. The largest absolute Gasteiger partial charge is 0.508 e. The minimum absolute atomic E-state index is 0.0119. The Morgan fingerprint density at radius 3 is 1.59 bits per heavy atom. The second-order valence-corrected chi connectivity index (χ2v) is 39.6. The zero-order chi connectivity index (χ0) is 99.9. The molecule has 12 amide bonds. The van der Waals surface area contributed by atoms with Crippen LogP contribution in [0.25, 0.3) is 0 Å². The Morgan fingerprint density at radius 2 is 0.993 bits per heavy atom. The number of primary amides is 1. The van der Waals surface area contributed by atoms with Crippen molar-refractivity contribution in [1.82, 2.24) is 53.2 Å². The number of nitrogens with one attached hydrogen (secondary N) is 11. The molecule has 138 heavy (non-hydrogen) atoms. The number of amides is 12. The third-order valence-electron chi connectivity index (χ3n) is 27.7. The molecule has 6 aliphatic carbocycles. The quantitative estimate of drug-likeness (QED) is 0.0172. The van der Waals surface area contributed by atoms with Crippen molar-refractivity contribution in [2.75, 3.05) is 191 Å². The summed E-state index contributed by atoms with van der Waals surface area (Å²) < 4.78 is 57.7. The summed E-state index contributed by atoms with van der Waals surface area (Å²) in [6.45, 7) is 17.6. The summed E-state index contributed by atoms with van der Waals surface area (Å²) in [6, 6.07) is 4.77. The van der Waals surface area contributed by atoms with Gasteiger partial charge in [0.15, 0.2) is 0 Å². The molecule has 12 atom stereocenters. The molecule has 6 aliphatic rings. The maximum atomic E-state index is 15.0. The number of imide groups is 1. The van der Waals surface area contributed by atoms with Crippen molar-refractivity contribution in [1.29, 1.82) is 0 Å². The number of aromatic hydroxyl groups is 1. The first-order valence-electron chi connectivity index (χ1n) is 50.3. The van der Waals surface area contributed by atoms with Crippen LogP contribution in [0.15, 0.2) is 47.8 Å². The van der Waals surface area contributed by atoms with Gasteiger partial charge in [-0.25, -0.2) is 4.79 Å². The number of anilines is 1. The van der Waals surface area contributed by atoms with E-state index in [9.17, 15) is 58.2 Å². The Kier molecular flexibility index (Phi) is 49.2. The van der Waals surface area contributed by atoms with Gasteiger partial charge in [0.1, 0.15) is 49.2 Å². The van der Waals surface area contributed by atoms with Crippen molar-refractivity contribution in [2.24, 2.45) is 40.1 Å². The highest BCUT2D eigenvalue weighted by atomic mass is 16.6. The van der Waals surface area contributed by atoms with Gasteiger partial charge in [-0.3, -0.25) is 53.3 Å². The van der Waals surface area contributed by atoms with Crippen LogP contribution < -0.4 is 70.0 Å². The summed E-state index contributed by atoms with van der Waals surface area (Å²) in [4.78, 5) is 151. The van der Waals surface area contributed by atoms with Crippen LogP contribution in [0.4, 0.5) is 10.5 Å². The van der Waals surface area contributed by atoms with Gasteiger partial charge in [0.05, 0.1) is 169 Å². The number of rotatable bonds is 62. The number of aryl methyl sites for hydroxylation is 2. The number of likely N-dealkylation sites (N-methyl/N-ethyl adjacent to an activating group) is 1. The van der Waals surface area contributed by atoms with Crippen LogP contribution in [0.1, 0.15) is 224 Å². The SMILES string of the molecule is CC(C)[C@H](NC(=O)[C@@H](CCCCNC(=O)COC1CCCCCC(NCCOCCOCCOCCOCCC(=O)NCC[N+](C)(C)C)=C1N)NC(=O)CCOCCOCCOCCOCCNC(=O)COC1C#CCCCCC1)C(=O)N[C@@H](CCCNC(N)=O)C(=O)N[C@@H](CO)C(=O)Nc1ccc2c(c1)[C@@]1(C)CCC[C@](C)(C(=O)NC(=O)[C@@]3(C)CCC[C@]4(C)c5cc(O)ccc5CC[C@@H]34)[C@@H]1CC2. The molecule has 774 valence electrons. The van der Waals surface area contributed by atoms with Gasteiger partial charge < -0.3 is 127 Å². The number of hydrogen-bond acceptors (Lipinski definition) is 25. The molecule has 0 spiro atoms. The molecule has 0 saturated heterocycles. The summed E-state index contributed by atoms with van der Waals surface area (Å²) in [7, 11) is 6.21. The number of allylic oxidation sites excluding steroid dienone is 1. The first-order chi connectivity index (χ1) is 66.2. The molecule has 2 unspecified atom stereocenters. The number of unbranched alkanes of at least 4 members (excludes halogenated alkanes) is 1. The molecule has 2 fully saturated rings. The fourth-order valence-corrected chi connectivity index (χ4v) is 19.9. The van der Waals surface area contributed by atoms with Gasteiger partial charge in [0.25, 0.3) is 0 Å². The van der Waals surface area contributed by atoms with Crippen LogP contribution in [0.5, 0.6) is 5.75 Å². The molecule has 2 saturated carbocycles. The van der Waals surface area contributed by atoms with Crippen LogP contribution in [-0.4, -0.2) is 302 Å². The van der Waals surface area contributed by atoms with Gasteiger partial charge in [-0.05, 0) is 197 Å². The maximum Gasteiger partial charge on any atom is 0.312 e. The number of ether oxygens (including phenoxy) is 10. The lowest BCUT2D eigenvalue weighted by Crippen LogP contribution is -2.60. The lowest BCUT2D eigenvalue weighted by Gasteiger charge is -2.56.